The Morgan fingerprint density at radius 2 is 2.11 bits per heavy atom. The molecule has 0 amide bonds. The lowest BCUT2D eigenvalue weighted by Crippen LogP contribution is -2.13. The Morgan fingerprint density at radius 3 is 2.61 bits per heavy atom. The van der Waals surface area contributed by atoms with E-state index in [1.54, 1.807) is 0 Å². The third kappa shape index (κ3) is 4.20. The third-order valence-corrected chi connectivity index (χ3v) is 3.98. The summed E-state index contributed by atoms with van der Waals surface area (Å²) >= 11 is 3.89. The zero-order chi connectivity index (χ0) is 13.9. The molecule has 2 nitrogen and oxygen atoms in total. The number of carbonyl (C=O) groups is 1. The van der Waals surface area contributed by atoms with Gasteiger partial charge in [0.1, 0.15) is 0 Å². The Bertz CT molecular complexity index is 448. The summed E-state index contributed by atoms with van der Waals surface area (Å²) in [5.41, 5.74) is -0.750. The first-order chi connectivity index (χ1) is 8.21. The van der Waals surface area contributed by atoms with Crippen molar-refractivity contribution in [2.24, 2.45) is 5.92 Å². The molecule has 1 rings (SSSR count). The predicted molar refractivity (Wildman–Crippen MR) is 66.7 cm³/mol. The van der Waals surface area contributed by atoms with Crippen molar-refractivity contribution in [3.05, 3.63) is 28.2 Å². The summed E-state index contributed by atoms with van der Waals surface area (Å²) in [7, 11) is 0. The highest BCUT2D eigenvalue weighted by Crippen LogP contribution is 2.38. The molecule has 0 saturated heterocycles. The van der Waals surface area contributed by atoms with Crippen LogP contribution < -0.4 is 0 Å². The molecule has 0 aliphatic carbocycles. The maximum atomic E-state index is 12.8. The Hall–Kier alpha value is -0.690. The fourth-order valence-electron chi connectivity index (χ4n) is 1.14. The van der Waals surface area contributed by atoms with E-state index in [-0.39, 0.29) is 10.6 Å². The topological polar surface area (TPSA) is 37.3 Å². The Balaban J connectivity index is 2.92. The van der Waals surface area contributed by atoms with Crippen LogP contribution in [-0.2, 0) is 11.0 Å². The first kappa shape index (κ1) is 15.4. The van der Waals surface area contributed by atoms with E-state index in [4.69, 9.17) is 5.11 Å². The third-order valence-electron chi connectivity index (χ3n) is 2.16. The number of aliphatic carboxylic acids is 1. The summed E-state index contributed by atoms with van der Waals surface area (Å²) in [6, 6.07) is 3.84. The van der Waals surface area contributed by atoms with Crippen molar-refractivity contribution in [2.75, 3.05) is 5.75 Å². The van der Waals surface area contributed by atoms with Crippen LogP contribution in [0.15, 0.2) is 27.6 Å². The van der Waals surface area contributed by atoms with Crippen LogP contribution in [0.3, 0.4) is 0 Å². The largest absolute Gasteiger partial charge is 0.481 e. The first-order valence-corrected chi connectivity index (χ1v) is 6.72. The quantitative estimate of drug-likeness (QED) is 0.829. The number of rotatable bonds is 4. The molecule has 0 spiro atoms. The summed E-state index contributed by atoms with van der Waals surface area (Å²) in [6.45, 7) is 1.46. The lowest BCUT2D eigenvalue weighted by atomic mass is 10.2. The minimum Gasteiger partial charge on any atom is -0.481 e. The Kier molecular flexibility index (Phi) is 5.10. The van der Waals surface area contributed by atoms with Gasteiger partial charge in [-0.2, -0.15) is 13.2 Å². The fraction of sp³-hybridized carbons (Fsp3) is 0.364. The Labute approximate surface area is 115 Å². The molecule has 0 saturated carbocycles. The summed E-state index contributed by atoms with van der Waals surface area (Å²) in [4.78, 5) is 10.7. The summed E-state index contributed by atoms with van der Waals surface area (Å²) in [5.74, 6) is -1.62. The van der Waals surface area contributed by atoms with Crippen LogP contribution in [0.2, 0.25) is 0 Å². The number of alkyl halides is 3. The maximum absolute atomic E-state index is 12.8. The van der Waals surface area contributed by atoms with Gasteiger partial charge in [-0.3, -0.25) is 4.79 Å². The number of hydrogen-bond donors (Lipinski definition) is 1. The number of benzene rings is 1. The van der Waals surface area contributed by atoms with E-state index in [0.717, 1.165) is 17.8 Å². The van der Waals surface area contributed by atoms with Crippen molar-refractivity contribution in [2.45, 2.75) is 18.0 Å². The first-order valence-electron chi connectivity index (χ1n) is 4.94. The van der Waals surface area contributed by atoms with Crippen LogP contribution in [0, 0.1) is 5.92 Å². The molecule has 18 heavy (non-hydrogen) atoms. The summed E-state index contributed by atoms with van der Waals surface area (Å²) < 4.78 is 38.6. The fourth-order valence-corrected chi connectivity index (χ4v) is 2.56. The van der Waals surface area contributed by atoms with Gasteiger partial charge < -0.3 is 5.11 Å². The second kappa shape index (κ2) is 5.97. The zero-order valence-corrected chi connectivity index (χ0v) is 11.7. The molecule has 0 radical (unpaired) electrons. The number of carboxylic acid groups (broad SMARTS) is 1. The number of carboxylic acids is 1. The molecule has 1 N–H and O–H groups in total. The van der Waals surface area contributed by atoms with Crippen molar-refractivity contribution in [3.8, 4) is 0 Å². The van der Waals surface area contributed by atoms with E-state index < -0.39 is 23.6 Å². The van der Waals surface area contributed by atoms with Crippen LogP contribution in [0.25, 0.3) is 0 Å². The van der Waals surface area contributed by atoms with Crippen molar-refractivity contribution in [1.29, 1.82) is 0 Å². The maximum Gasteiger partial charge on any atom is 0.417 e. The van der Waals surface area contributed by atoms with Crippen molar-refractivity contribution >= 4 is 33.7 Å². The molecule has 0 aliphatic heterocycles. The van der Waals surface area contributed by atoms with Gasteiger partial charge in [-0.1, -0.05) is 22.9 Å². The van der Waals surface area contributed by atoms with E-state index in [1.807, 2.05) is 0 Å². The molecule has 0 aromatic heterocycles. The molecule has 0 bridgehead atoms. The van der Waals surface area contributed by atoms with E-state index in [0.29, 0.717) is 4.47 Å². The van der Waals surface area contributed by atoms with Gasteiger partial charge in [0.05, 0.1) is 11.5 Å². The van der Waals surface area contributed by atoms with E-state index in [1.165, 1.54) is 19.1 Å². The van der Waals surface area contributed by atoms with Crippen LogP contribution in [0.4, 0.5) is 13.2 Å². The molecular weight excluding hydrogens is 333 g/mol. The molecule has 1 atom stereocenters. The van der Waals surface area contributed by atoms with Gasteiger partial charge in [-0.15, -0.1) is 11.8 Å². The number of thioether (sulfide) groups is 1. The van der Waals surface area contributed by atoms with Crippen molar-refractivity contribution in [1.82, 2.24) is 0 Å². The number of hydrogen-bond acceptors (Lipinski definition) is 2. The van der Waals surface area contributed by atoms with Gasteiger partial charge in [0.2, 0.25) is 0 Å². The van der Waals surface area contributed by atoms with Crippen LogP contribution in [0.1, 0.15) is 12.5 Å². The lowest BCUT2D eigenvalue weighted by molar-refractivity contribution is -0.140. The standard InChI is InChI=1S/C11H10BrF3O2S/c1-6(10(16)17)5-18-9-3-2-7(12)4-8(9)11(13,14)15/h2-4,6H,5H2,1H3,(H,16,17). The average molecular weight is 343 g/mol. The molecular formula is C11H10BrF3O2S. The van der Waals surface area contributed by atoms with Crippen LogP contribution in [-0.4, -0.2) is 16.8 Å². The Morgan fingerprint density at radius 1 is 1.50 bits per heavy atom. The molecule has 1 unspecified atom stereocenters. The second-order valence-corrected chi connectivity index (χ2v) is 5.67. The molecule has 1 aromatic rings. The highest BCUT2D eigenvalue weighted by molar-refractivity contribution is 9.10. The van der Waals surface area contributed by atoms with Gasteiger partial charge in [0, 0.05) is 15.1 Å². The van der Waals surface area contributed by atoms with E-state index in [9.17, 15) is 18.0 Å². The summed E-state index contributed by atoms with van der Waals surface area (Å²) in [5, 5.41) is 8.69. The van der Waals surface area contributed by atoms with Gasteiger partial charge >= 0.3 is 12.1 Å². The second-order valence-electron chi connectivity index (χ2n) is 3.69. The monoisotopic (exact) mass is 342 g/mol. The van der Waals surface area contributed by atoms with E-state index in [2.05, 4.69) is 15.9 Å². The normalized spacial score (nSPS) is 13.4. The minimum absolute atomic E-state index is 0.0406. The SMILES string of the molecule is CC(CSc1ccc(Br)cc1C(F)(F)F)C(=O)O. The van der Waals surface area contributed by atoms with Gasteiger partial charge in [0.15, 0.2) is 0 Å². The zero-order valence-electron chi connectivity index (χ0n) is 9.29. The minimum atomic E-state index is -4.45. The molecule has 0 aliphatic rings. The smallest absolute Gasteiger partial charge is 0.417 e. The van der Waals surface area contributed by atoms with Gasteiger partial charge in [0.25, 0.3) is 0 Å². The molecule has 100 valence electrons. The molecule has 0 fully saturated rings. The van der Waals surface area contributed by atoms with Gasteiger partial charge in [-0.05, 0) is 18.2 Å². The number of halogens is 4. The molecule has 7 heteroatoms. The lowest BCUT2D eigenvalue weighted by Gasteiger charge is -2.13. The van der Waals surface area contributed by atoms with E-state index >= 15 is 0 Å². The van der Waals surface area contributed by atoms with Crippen LogP contribution in [0.5, 0.6) is 0 Å². The molecule has 1 aromatic carbocycles. The highest BCUT2D eigenvalue weighted by atomic mass is 79.9. The predicted octanol–water partition coefficient (Wildman–Crippen LogP) is 4.28. The van der Waals surface area contributed by atoms with Crippen molar-refractivity contribution in [3.63, 3.8) is 0 Å². The molecule has 0 heterocycles. The van der Waals surface area contributed by atoms with Crippen LogP contribution >= 0.6 is 27.7 Å². The van der Waals surface area contributed by atoms with Crippen molar-refractivity contribution < 1.29 is 23.1 Å². The summed E-state index contributed by atoms with van der Waals surface area (Å²) in [6.07, 6.45) is -4.45. The van der Waals surface area contributed by atoms with Gasteiger partial charge in [-0.25, -0.2) is 0 Å². The highest BCUT2D eigenvalue weighted by Gasteiger charge is 2.33. The average Bonchev–Trinajstić information content (AvgIpc) is 2.25.